The molecule has 0 radical (unpaired) electrons. The zero-order valence-corrected chi connectivity index (χ0v) is 14.7. The van der Waals surface area contributed by atoms with E-state index in [1.807, 2.05) is 36.4 Å². The van der Waals surface area contributed by atoms with Crippen LogP contribution in [0.25, 0.3) is 17.2 Å². The molecule has 0 saturated heterocycles. The average Bonchev–Trinajstić information content (AvgIpc) is 3.07. The predicted molar refractivity (Wildman–Crippen MR) is 102 cm³/mol. The number of benzene rings is 2. The number of nitrogens with one attached hydrogen (secondary N) is 2. The predicted octanol–water partition coefficient (Wildman–Crippen LogP) is 3.31. The molecule has 0 aliphatic carbocycles. The Labute approximate surface area is 150 Å². The maximum Gasteiger partial charge on any atom is 0.274 e. The number of fused-ring (bicyclic) bond motifs is 1. The molecule has 0 aliphatic heterocycles. The van der Waals surface area contributed by atoms with Crippen molar-refractivity contribution in [1.29, 1.82) is 0 Å². The first-order valence-electron chi connectivity index (χ1n) is 8.46. The van der Waals surface area contributed by atoms with Crippen LogP contribution in [0.5, 0.6) is 0 Å². The SMILES string of the molecule is Cc1cccc(C)c1NCc1cc(=O)n2[nH]c(-c3ccccc3)nc2n1. The third kappa shape index (κ3) is 2.97. The van der Waals surface area contributed by atoms with Gasteiger partial charge in [0, 0.05) is 17.3 Å². The third-order valence-electron chi connectivity index (χ3n) is 4.36. The van der Waals surface area contributed by atoms with Crippen LogP contribution in [0.1, 0.15) is 16.8 Å². The van der Waals surface area contributed by atoms with E-state index in [4.69, 9.17) is 0 Å². The molecule has 0 spiro atoms. The summed E-state index contributed by atoms with van der Waals surface area (Å²) in [6.07, 6.45) is 0. The normalized spacial score (nSPS) is 11.0. The molecule has 0 saturated carbocycles. The quantitative estimate of drug-likeness (QED) is 0.595. The van der Waals surface area contributed by atoms with Gasteiger partial charge in [0.05, 0.1) is 12.2 Å². The maximum absolute atomic E-state index is 12.4. The lowest BCUT2D eigenvalue weighted by Crippen LogP contribution is -2.17. The lowest BCUT2D eigenvalue weighted by molar-refractivity contribution is 0.878. The highest BCUT2D eigenvalue weighted by atomic mass is 16.1. The molecule has 2 heterocycles. The molecular weight excluding hydrogens is 326 g/mol. The van der Waals surface area contributed by atoms with E-state index in [9.17, 15) is 4.79 Å². The standard InChI is InChI=1S/C20H19N5O/c1-13-7-6-8-14(2)18(13)21-12-16-11-17(26)25-20(22-16)23-19(24-25)15-9-4-3-5-10-15/h3-11,21H,12H2,1-2H3,(H,22,23,24). The van der Waals surface area contributed by atoms with Crippen LogP contribution in [-0.4, -0.2) is 19.6 Å². The fourth-order valence-corrected chi connectivity index (χ4v) is 3.02. The zero-order chi connectivity index (χ0) is 18.1. The van der Waals surface area contributed by atoms with E-state index >= 15 is 0 Å². The Morgan fingerprint density at radius 3 is 2.46 bits per heavy atom. The molecule has 0 fully saturated rings. The van der Waals surface area contributed by atoms with Crippen molar-refractivity contribution in [3.05, 3.63) is 81.8 Å². The number of aromatic amines is 1. The summed E-state index contributed by atoms with van der Waals surface area (Å²) in [6, 6.07) is 17.3. The molecule has 0 bridgehead atoms. The first-order valence-corrected chi connectivity index (χ1v) is 8.46. The van der Waals surface area contributed by atoms with Gasteiger partial charge in [-0.15, -0.1) is 0 Å². The van der Waals surface area contributed by atoms with Crippen LogP contribution < -0.4 is 10.9 Å². The molecule has 6 nitrogen and oxygen atoms in total. The number of hydrogen-bond donors (Lipinski definition) is 2. The van der Waals surface area contributed by atoms with Crippen molar-refractivity contribution in [3.8, 4) is 11.4 Å². The second kappa shape index (κ2) is 6.48. The van der Waals surface area contributed by atoms with Gasteiger partial charge in [-0.25, -0.2) is 4.98 Å². The number of aromatic nitrogens is 4. The topological polar surface area (TPSA) is 75.1 Å². The van der Waals surface area contributed by atoms with Crippen LogP contribution in [0.3, 0.4) is 0 Å². The van der Waals surface area contributed by atoms with Crippen molar-refractivity contribution >= 4 is 11.5 Å². The van der Waals surface area contributed by atoms with Crippen LogP contribution in [0.4, 0.5) is 5.69 Å². The summed E-state index contributed by atoms with van der Waals surface area (Å²) < 4.78 is 1.37. The number of para-hydroxylation sites is 1. The highest BCUT2D eigenvalue weighted by Gasteiger charge is 2.10. The summed E-state index contributed by atoms with van der Waals surface area (Å²) in [5.74, 6) is 0.990. The summed E-state index contributed by atoms with van der Waals surface area (Å²) in [4.78, 5) is 21.4. The third-order valence-corrected chi connectivity index (χ3v) is 4.36. The lowest BCUT2D eigenvalue weighted by Gasteiger charge is -2.12. The summed E-state index contributed by atoms with van der Waals surface area (Å²) >= 11 is 0. The van der Waals surface area contributed by atoms with Crippen LogP contribution >= 0.6 is 0 Å². The van der Waals surface area contributed by atoms with Gasteiger partial charge in [0.25, 0.3) is 11.3 Å². The first kappa shape index (κ1) is 16.1. The molecule has 4 rings (SSSR count). The van der Waals surface area contributed by atoms with Crippen molar-refractivity contribution in [2.75, 3.05) is 5.32 Å². The molecule has 26 heavy (non-hydrogen) atoms. The zero-order valence-electron chi connectivity index (χ0n) is 14.7. The molecule has 0 amide bonds. The van der Waals surface area contributed by atoms with Crippen molar-refractivity contribution < 1.29 is 0 Å². The van der Waals surface area contributed by atoms with Crippen molar-refractivity contribution in [1.82, 2.24) is 19.6 Å². The van der Waals surface area contributed by atoms with E-state index < -0.39 is 0 Å². The van der Waals surface area contributed by atoms with E-state index in [1.165, 1.54) is 10.6 Å². The van der Waals surface area contributed by atoms with E-state index in [-0.39, 0.29) is 5.56 Å². The van der Waals surface area contributed by atoms with E-state index in [1.54, 1.807) is 0 Å². The lowest BCUT2D eigenvalue weighted by atomic mass is 10.1. The first-order chi connectivity index (χ1) is 12.6. The molecule has 2 aromatic heterocycles. The molecule has 0 aliphatic rings. The second-order valence-electron chi connectivity index (χ2n) is 6.28. The summed E-state index contributed by atoms with van der Waals surface area (Å²) in [5.41, 5.74) is 4.78. The van der Waals surface area contributed by atoms with Gasteiger partial charge < -0.3 is 5.32 Å². The number of nitrogens with zero attached hydrogens (tertiary/aromatic N) is 3. The summed E-state index contributed by atoms with van der Waals surface area (Å²) in [6.45, 7) is 4.58. The minimum atomic E-state index is -0.178. The molecule has 4 aromatic rings. The van der Waals surface area contributed by atoms with Crippen molar-refractivity contribution in [2.24, 2.45) is 0 Å². The highest BCUT2D eigenvalue weighted by Crippen LogP contribution is 2.20. The van der Waals surface area contributed by atoms with Gasteiger partial charge in [-0.3, -0.25) is 9.89 Å². The number of H-pyrrole nitrogens is 1. The Hall–Kier alpha value is -3.41. The highest BCUT2D eigenvalue weighted by molar-refractivity contribution is 5.57. The van der Waals surface area contributed by atoms with Gasteiger partial charge in [0.1, 0.15) is 0 Å². The van der Waals surface area contributed by atoms with Crippen LogP contribution in [-0.2, 0) is 6.54 Å². The fraction of sp³-hybridized carbons (Fsp3) is 0.150. The molecule has 0 unspecified atom stereocenters. The smallest absolute Gasteiger partial charge is 0.274 e. The van der Waals surface area contributed by atoms with Gasteiger partial charge in [-0.05, 0) is 25.0 Å². The Morgan fingerprint density at radius 2 is 1.73 bits per heavy atom. The van der Waals surface area contributed by atoms with Gasteiger partial charge >= 0.3 is 0 Å². The molecule has 2 aromatic carbocycles. The van der Waals surface area contributed by atoms with E-state index in [0.717, 1.165) is 22.4 Å². The number of aryl methyl sites for hydroxylation is 2. The fourth-order valence-electron chi connectivity index (χ4n) is 3.02. The van der Waals surface area contributed by atoms with Crippen LogP contribution in [0, 0.1) is 13.8 Å². The van der Waals surface area contributed by atoms with Gasteiger partial charge in [0.15, 0.2) is 5.82 Å². The summed E-state index contributed by atoms with van der Waals surface area (Å²) in [5, 5.41) is 6.39. The minimum Gasteiger partial charge on any atom is -0.379 e. The van der Waals surface area contributed by atoms with E-state index in [2.05, 4.69) is 46.4 Å². The van der Waals surface area contributed by atoms with Crippen LogP contribution in [0.15, 0.2) is 59.4 Å². The Morgan fingerprint density at radius 1 is 1.00 bits per heavy atom. The molecule has 130 valence electrons. The number of hydrogen-bond acceptors (Lipinski definition) is 4. The molecule has 2 N–H and O–H groups in total. The van der Waals surface area contributed by atoms with E-state index in [0.29, 0.717) is 23.8 Å². The summed E-state index contributed by atoms with van der Waals surface area (Å²) in [7, 11) is 0. The molecular formula is C20H19N5O. The number of rotatable bonds is 4. The van der Waals surface area contributed by atoms with Crippen LogP contribution in [0.2, 0.25) is 0 Å². The number of anilines is 1. The molecule has 6 heteroatoms. The largest absolute Gasteiger partial charge is 0.379 e. The Bertz CT molecular complexity index is 1110. The Kier molecular flexibility index (Phi) is 4.01. The molecule has 0 atom stereocenters. The maximum atomic E-state index is 12.4. The second-order valence-corrected chi connectivity index (χ2v) is 6.28. The minimum absolute atomic E-state index is 0.178. The van der Waals surface area contributed by atoms with Crippen molar-refractivity contribution in [2.45, 2.75) is 20.4 Å². The van der Waals surface area contributed by atoms with Gasteiger partial charge in [-0.2, -0.15) is 9.50 Å². The van der Waals surface area contributed by atoms with Gasteiger partial charge in [0.2, 0.25) is 0 Å². The van der Waals surface area contributed by atoms with Gasteiger partial charge in [-0.1, -0.05) is 48.5 Å². The monoisotopic (exact) mass is 345 g/mol. The van der Waals surface area contributed by atoms with Crippen molar-refractivity contribution in [3.63, 3.8) is 0 Å². The Balaban J connectivity index is 1.66. The average molecular weight is 345 g/mol.